The molecule has 2 heterocycles. The molecule has 84 valence electrons. The van der Waals surface area contributed by atoms with E-state index in [9.17, 15) is 0 Å². The van der Waals surface area contributed by atoms with Crippen LogP contribution in [-0.2, 0) is 0 Å². The van der Waals surface area contributed by atoms with Gasteiger partial charge in [-0.15, -0.1) is 0 Å². The largest absolute Gasteiger partial charge is 0.394 e. The van der Waals surface area contributed by atoms with Gasteiger partial charge in [0.25, 0.3) is 0 Å². The molecule has 0 saturated carbocycles. The first-order valence-corrected chi connectivity index (χ1v) is 4.71. The van der Waals surface area contributed by atoms with Crippen molar-refractivity contribution in [3.8, 4) is 11.5 Å². The Bertz CT molecular complexity index is 484. The maximum absolute atomic E-state index is 8.83. The molecule has 3 N–H and O–H groups in total. The minimum Gasteiger partial charge on any atom is -0.394 e. The zero-order valence-electron chi connectivity index (χ0n) is 8.66. The first kappa shape index (κ1) is 10.7. The van der Waals surface area contributed by atoms with Crippen LogP contribution in [0.25, 0.3) is 11.5 Å². The Balaban J connectivity index is 2.31. The number of nitrogens with two attached hydrogens (primary N) is 1. The van der Waals surface area contributed by atoms with E-state index in [0.29, 0.717) is 17.3 Å². The molecule has 2 aromatic heterocycles. The van der Waals surface area contributed by atoms with Crippen LogP contribution >= 0.6 is 0 Å². The van der Waals surface area contributed by atoms with Crippen LogP contribution in [0.3, 0.4) is 0 Å². The van der Waals surface area contributed by atoms with Crippen molar-refractivity contribution in [2.75, 3.05) is 6.61 Å². The van der Waals surface area contributed by atoms with Gasteiger partial charge in [0.2, 0.25) is 11.7 Å². The summed E-state index contributed by atoms with van der Waals surface area (Å²) in [6.07, 6.45) is 1.61. The Labute approximate surface area is 91.3 Å². The number of aliphatic hydroxyl groups is 1. The Hall–Kier alpha value is -1.86. The lowest BCUT2D eigenvalue weighted by Gasteiger charge is -1.98. The van der Waals surface area contributed by atoms with Crippen molar-refractivity contribution in [1.82, 2.24) is 20.1 Å². The summed E-state index contributed by atoms with van der Waals surface area (Å²) in [6.45, 7) is 1.52. The molecule has 0 aliphatic heterocycles. The lowest BCUT2D eigenvalue weighted by Crippen LogP contribution is -2.14. The quantitative estimate of drug-likeness (QED) is 0.739. The molecule has 0 radical (unpaired) electrons. The Morgan fingerprint density at radius 1 is 1.50 bits per heavy atom. The second kappa shape index (κ2) is 4.33. The molecule has 1 unspecified atom stereocenters. The van der Waals surface area contributed by atoms with Crippen molar-refractivity contribution in [2.45, 2.75) is 13.0 Å². The lowest BCUT2D eigenvalue weighted by atomic mass is 10.3. The van der Waals surface area contributed by atoms with Gasteiger partial charge in [-0.25, -0.2) is 9.97 Å². The van der Waals surface area contributed by atoms with Crippen molar-refractivity contribution in [1.29, 1.82) is 0 Å². The Morgan fingerprint density at radius 2 is 2.31 bits per heavy atom. The van der Waals surface area contributed by atoms with Gasteiger partial charge in [0.05, 0.1) is 6.61 Å². The van der Waals surface area contributed by atoms with E-state index in [1.807, 2.05) is 0 Å². The molecule has 0 spiro atoms. The standard InChI is InChI=1S/C9H11N5O2/c1-5-11-3-2-7(12-5)8-13-9(16-14-8)6(10)4-15/h2-3,6,15H,4,10H2,1H3. The average molecular weight is 221 g/mol. The molecule has 7 heteroatoms. The van der Waals surface area contributed by atoms with Crippen LogP contribution < -0.4 is 5.73 Å². The number of nitrogens with zero attached hydrogens (tertiary/aromatic N) is 4. The molecule has 16 heavy (non-hydrogen) atoms. The van der Waals surface area contributed by atoms with E-state index >= 15 is 0 Å². The van der Waals surface area contributed by atoms with Gasteiger partial charge >= 0.3 is 0 Å². The first-order valence-electron chi connectivity index (χ1n) is 4.71. The summed E-state index contributed by atoms with van der Waals surface area (Å²) >= 11 is 0. The molecule has 1 atom stereocenters. The molecule has 2 rings (SSSR count). The number of aliphatic hydroxyl groups excluding tert-OH is 1. The van der Waals surface area contributed by atoms with Crippen molar-refractivity contribution < 1.29 is 9.63 Å². The van der Waals surface area contributed by atoms with E-state index in [4.69, 9.17) is 15.4 Å². The first-order chi connectivity index (χ1) is 7.70. The predicted molar refractivity (Wildman–Crippen MR) is 54.1 cm³/mol. The molecule has 0 bridgehead atoms. The minimum atomic E-state index is -0.663. The number of hydrogen-bond acceptors (Lipinski definition) is 7. The van der Waals surface area contributed by atoms with Gasteiger partial charge in [-0.05, 0) is 13.0 Å². The fraction of sp³-hybridized carbons (Fsp3) is 0.333. The van der Waals surface area contributed by atoms with Gasteiger partial charge in [-0.3, -0.25) is 0 Å². The Morgan fingerprint density at radius 3 is 3.00 bits per heavy atom. The second-order valence-corrected chi connectivity index (χ2v) is 3.23. The minimum absolute atomic E-state index is 0.189. The molecule has 0 amide bonds. The van der Waals surface area contributed by atoms with Gasteiger partial charge in [0, 0.05) is 6.20 Å². The molecule has 7 nitrogen and oxygen atoms in total. The van der Waals surface area contributed by atoms with Crippen LogP contribution in [0.2, 0.25) is 0 Å². The maximum Gasteiger partial charge on any atom is 0.246 e. The highest BCUT2D eigenvalue weighted by Gasteiger charge is 2.15. The predicted octanol–water partition coefficient (Wildman–Crippen LogP) is -0.173. The van der Waals surface area contributed by atoms with Crippen LogP contribution in [-0.4, -0.2) is 31.8 Å². The summed E-state index contributed by atoms with van der Waals surface area (Å²) in [7, 11) is 0. The normalized spacial score (nSPS) is 12.7. The SMILES string of the molecule is Cc1nccc(-c2noc(C(N)CO)n2)n1. The fourth-order valence-electron chi connectivity index (χ4n) is 1.15. The van der Waals surface area contributed by atoms with Crippen LogP contribution in [0.1, 0.15) is 17.8 Å². The van der Waals surface area contributed by atoms with Crippen LogP contribution in [0.4, 0.5) is 0 Å². The topological polar surface area (TPSA) is 111 Å². The summed E-state index contributed by atoms with van der Waals surface area (Å²) in [4.78, 5) is 12.1. The number of rotatable bonds is 3. The summed E-state index contributed by atoms with van der Waals surface area (Å²) in [5.41, 5.74) is 6.10. The highest BCUT2D eigenvalue weighted by Crippen LogP contribution is 2.15. The molecule has 0 fully saturated rings. The molecule has 0 aliphatic carbocycles. The van der Waals surface area contributed by atoms with E-state index in [0.717, 1.165) is 0 Å². The molecular formula is C9H11N5O2. The third kappa shape index (κ3) is 2.05. The van der Waals surface area contributed by atoms with Gasteiger partial charge in [-0.1, -0.05) is 5.16 Å². The van der Waals surface area contributed by atoms with E-state index in [1.54, 1.807) is 19.2 Å². The van der Waals surface area contributed by atoms with Crippen molar-refractivity contribution >= 4 is 0 Å². The molecule has 0 saturated heterocycles. The average Bonchev–Trinajstić information content (AvgIpc) is 2.77. The highest BCUT2D eigenvalue weighted by atomic mass is 16.5. The third-order valence-electron chi connectivity index (χ3n) is 1.96. The summed E-state index contributed by atoms with van der Waals surface area (Å²) in [5.74, 6) is 1.15. The molecule has 2 aromatic rings. The molecule has 0 aliphatic rings. The van der Waals surface area contributed by atoms with Gasteiger partial charge in [0.15, 0.2) is 0 Å². The third-order valence-corrected chi connectivity index (χ3v) is 1.96. The van der Waals surface area contributed by atoms with E-state index in [2.05, 4.69) is 20.1 Å². The lowest BCUT2D eigenvalue weighted by molar-refractivity contribution is 0.237. The molecular weight excluding hydrogens is 210 g/mol. The highest BCUT2D eigenvalue weighted by molar-refractivity contribution is 5.46. The number of aryl methyl sites for hydroxylation is 1. The molecule has 0 aromatic carbocycles. The van der Waals surface area contributed by atoms with Crippen LogP contribution in [0, 0.1) is 6.92 Å². The van der Waals surface area contributed by atoms with Crippen LogP contribution in [0.15, 0.2) is 16.8 Å². The van der Waals surface area contributed by atoms with E-state index in [-0.39, 0.29) is 12.5 Å². The van der Waals surface area contributed by atoms with Gasteiger partial charge in [-0.2, -0.15) is 4.98 Å². The summed E-state index contributed by atoms with van der Waals surface area (Å²) in [5, 5.41) is 12.6. The monoisotopic (exact) mass is 221 g/mol. The fourth-order valence-corrected chi connectivity index (χ4v) is 1.15. The van der Waals surface area contributed by atoms with E-state index < -0.39 is 6.04 Å². The Kier molecular flexibility index (Phi) is 2.88. The summed E-state index contributed by atoms with van der Waals surface area (Å²) in [6, 6.07) is 1.01. The van der Waals surface area contributed by atoms with Crippen LogP contribution in [0.5, 0.6) is 0 Å². The van der Waals surface area contributed by atoms with Gasteiger partial charge in [0.1, 0.15) is 17.6 Å². The zero-order valence-corrected chi connectivity index (χ0v) is 8.66. The van der Waals surface area contributed by atoms with Crippen molar-refractivity contribution in [3.63, 3.8) is 0 Å². The van der Waals surface area contributed by atoms with Gasteiger partial charge < -0.3 is 15.4 Å². The maximum atomic E-state index is 8.83. The number of hydrogen-bond donors (Lipinski definition) is 2. The number of aromatic nitrogens is 4. The smallest absolute Gasteiger partial charge is 0.246 e. The van der Waals surface area contributed by atoms with Crippen molar-refractivity contribution in [2.24, 2.45) is 5.73 Å². The second-order valence-electron chi connectivity index (χ2n) is 3.23. The zero-order chi connectivity index (χ0) is 11.5. The summed E-state index contributed by atoms with van der Waals surface area (Å²) < 4.78 is 4.91. The van der Waals surface area contributed by atoms with E-state index in [1.165, 1.54) is 0 Å². The van der Waals surface area contributed by atoms with Crippen molar-refractivity contribution in [3.05, 3.63) is 24.0 Å².